The Balaban J connectivity index is 1.63. The molecular formula is C21H25N5O4. The van der Waals surface area contributed by atoms with E-state index in [4.69, 9.17) is 9.47 Å². The van der Waals surface area contributed by atoms with Crippen LogP contribution in [0.4, 0.5) is 0 Å². The maximum atomic E-state index is 12.6. The highest BCUT2D eigenvalue weighted by molar-refractivity contribution is 5.95. The smallest absolute Gasteiger partial charge is 0.264 e. The third-order valence-corrected chi connectivity index (χ3v) is 4.44. The number of H-pyrrole nitrogens is 1. The van der Waals surface area contributed by atoms with E-state index in [1.54, 1.807) is 13.0 Å². The van der Waals surface area contributed by atoms with E-state index < -0.39 is 0 Å². The quantitative estimate of drug-likeness (QED) is 0.557. The molecular weight excluding hydrogens is 386 g/mol. The van der Waals surface area contributed by atoms with Gasteiger partial charge in [-0.15, -0.1) is 0 Å². The van der Waals surface area contributed by atoms with Crippen LogP contribution in [0.1, 0.15) is 35.5 Å². The van der Waals surface area contributed by atoms with Crippen LogP contribution in [-0.4, -0.2) is 45.6 Å². The molecule has 3 rings (SSSR count). The summed E-state index contributed by atoms with van der Waals surface area (Å²) in [5.74, 6) is 1.63. The summed E-state index contributed by atoms with van der Waals surface area (Å²) in [6, 6.07) is 8.69. The summed E-state index contributed by atoms with van der Waals surface area (Å²) in [6.07, 6.45) is 2.13. The summed E-state index contributed by atoms with van der Waals surface area (Å²) >= 11 is 0. The first-order chi connectivity index (χ1) is 14.5. The number of carbonyl (C=O) groups excluding carboxylic acids is 1. The fourth-order valence-electron chi connectivity index (χ4n) is 2.99. The zero-order valence-corrected chi connectivity index (χ0v) is 17.3. The molecule has 2 heterocycles. The van der Waals surface area contributed by atoms with Crippen LogP contribution in [0.15, 0.2) is 41.3 Å². The van der Waals surface area contributed by atoms with Crippen LogP contribution in [0.3, 0.4) is 0 Å². The lowest BCUT2D eigenvalue weighted by atomic mass is 10.1. The first kappa shape index (κ1) is 21.1. The van der Waals surface area contributed by atoms with Gasteiger partial charge in [0.2, 0.25) is 0 Å². The van der Waals surface area contributed by atoms with Crippen LogP contribution in [-0.2, 0) is 6.42 Å². The third-order valence-electron chi connectivity index (χ3n) is 4.44. The molecule has 30 heavy (non-hydrogen) atoms. The van der Waals surface area contributed by atoms with Crippen LogP contribution in [0.5, 0.6) is 11.5 Å². The van der Waals surface area contributed by atoms with Gasteiger partial charge < -0.3 is 14.8 Å². The first-order valence-corrected chi connectivity index (χ1v) is 9.81. The molecule has 0 atom stereocenters. The van der Waals surface area contributed by atoms with Gasteiger partial charge in [0.1, 0.15) is 0 Å². The molecule has 0 unspecified atom stereocenters. The second-order valence-corrected chi connectivity index (χ2v) is 6.49. The summed E-state index contributed by atoms with van der Waals surface area (Å²) < 4.78 is 12.7. The number of aromatic amines is 1. The Morgan fingerprint density at radius 3 is 2.60 bits per heavy atom. The second kappa shape index (κ2) is 9.73. The fourth-order valence-corrected chi connectivity index (χ4v) is 2.99. The van der Waals surface area contributed by atoms with Gasteiger partial charge >= 0.3 is 0 Å². The molecule has 0 saturated carbocycles. The predicted molar refractivity (Wildman–Crippen MR) is 112 cm³/mol. The molecule has 2 N–H and O–H groups in total. The molecule has 0 radical (unpaired) electrons. The lowest BCUT2D eigenvalue weighted by Crippen LogP contribution is -2.26. The molecule has 9 nitrogen and oxygen atoms in total. The van der Waals surface area contributed by atoms with Crippen molar-refractivity contribution in [2.45, 2.75) is 27.2 Å². The summed E-state index contributed by atoms with van der Waals surface area (Å²) in [4.78, 5) is 23.7. The minimum atomic E-state index is -0.302. The number of benzene rings is 1. The number of hydrogen-bond donors (Lipinski definition) is 2. The molecule has 2 aromatic heterocycles. The maximum absolute atomic E-state index is 12.6. The van der Waals surface area contributed by atoms with Crippen molar-refractivity contribution in [3.8, 4) is 17.3 Å². The van der Waals surface area contributed by atoms with E-state index in [0.717, 1.165) is 5.56 Å². The molecule has 0 aliphatic carbocycles. The average Bonchev–Trinajstić information content (AvgIpc) is 3.12. The van der Waals surface area contributed by atoms with Crippen molar-refractivity contribution in [1.29, 1.82) is 0 Å². The Hall–Kier alpha value is -3.62. The first-order valence-electron chi connectivity index (χ1n) is 9.81. The van der Waals surface area contributed by atoms with Crippen molar-refractivity contribution in [1.82, 2.24) is 25.3 Å². The van der Waals surface area contributed by atoms with E-state index in [2.05, 4.69) is 20.6 Å². The van der Waals surface area contributed by atoms with Crippen molar-refractivity contribution in [3.63, 3.8) is 0 Å². The molecule has 1 amide bonds. The summed E-state index contributed by atoms with van der Waals surface area (Å²) in [6.45, 7) is 7.20. The number of amides is 1. The second-order valence-electron chi connectivity index (χ2n) is 6.49. The lowest BCUT2D eigenvalue weighted by molar-refractivity contribution is 0.0953. The number of carbonyl (C=O) groups is 1. The molecule has 9 heteroatoms. The number of nitrogens with one attached hydrogen (secondary N) is 2. The van der Waals surface area contributed by atoms with Crippen molar-refractivity contribution in [2.75, 3.05) is 19.8 Å². The van der Waals surface area contributed by atoms with Crippen molar-refractivity contribution in [3.05, 3.63) is 63.7 Å². The monoisotopic (exact) mass is 411 g/mol. The van der Waals surface area contributed by atoms with Crippen molar-refractivity contribution >= 4 is 5.91 Å². The zero-order valence-electron chi connectivity index (χ0n) is 17.3. The molecule has 3 aromatic rings. The lowest BCUT2D eigenvalue weighted by Gasteiger charge is -2.12. The molecule has 158 valence electrons. The number of aromatic nitrogens is 4. The number of ether oxygens (including phenoxy) is 2. The van der Waals surface area contributed by atoms with Crippen LogP contribution >= 0.6 is 0 Å². The third kappa shape index (κ3) is 4.86. The SMILES string of the molecule is CCOc1ccc(CCNC(=O)c2cnn(-c3ccc(=O)[nH]n3)c2C)cc1OCC. The molecule has 0 aliphatic heterocycles. The van der Waals surface area contributed by atoms with Crippen LogP contribution in [0.2, 0.25) is 0 Å². The highest BCUT2D eigenvalue weighted by Gasteiger charge is 2.15. The predicted octanol–water partition coefficient (Wildman–Crippen LogP) is 2.03. The highest BCUT2D eigenvalue weighted by atomic mass is 16.5. The maximum Gasteiger partial charge on any atom is 0.264 e. The molecule has 0 fully saturated rings. The van der Waals surface area contributed by atoms with E-state index in [0.29, 0.717) is 54.8 Å². The van der Waals surface area contributed by atoms with Gasteiger partial charge in [-0.1, -0.05) is 6.07 Å². The Morgan fingerprint density at radius 2 is 1.90 bits per heavy atom. The van der Waals surface area contributed by atoms with Gasteiger partial charge in [-0.3, -0.25) is 9.59 Å². The summed E-state index contributed by atoms with van der Waals surface area (Å²) in [7, 11) is 0. The van der Waals surface area contributed by atoms with E-state index >= 15 is 0 Å². The standard InChI is InChI=1S/C21H25N5O4/c1-4-29-17-7-6-15(12-18(17)30-5-2)10-11-22-21(28)16-13-23-26(14(16)3)19-8-9-20(27)25-24-19/h6-9,12-13H,4-5,10-11H2,1-3H3,(H,22,28)(H,25,27). The Morgan fingerprint density at radius 1 is 1.13 bits per heavy atom. The highest BCUT2D eigenvalue weighted by Crippen LogP contribution is 2.28. The van der Waals surface area contributed by atoms with Gasteiger partial charge in [-0.2, -0.15) is 10.2 Å². The molecule has 0 bridgehead atoms. The summed E-state index contributed by atoms with van der Waals surface area (Å²) in [5, 5.41) is 13.4. The normalized spacial score (nSPS) is 10.6. The van der Waals surface area contributed by atoms with Crippen LogP contribution < -0.4 is 20.3 Å². The van der Waals surface area contributed by atoms with Crippen LogP contribution in [0, 0.1) is 6.92 Å². The van der Waals surface area contributed by atoms with E-state index in [9.17, 15) is 9.59 Å². The van der Waals surface area contributed by atoms with Gasteiger partial charge in [-0.05, 0) is 51.0 Å². The zero-order chi connectivity index (χ0) is 21.5. The number of rotatable bonds is 9. The van der Waals surface area contributed by atoms with Crippen molar-refractivity contribution < 1.29 is 14.3 Å². The van der Waals surface area contributed by atoms with Gasteiger partial charge in [0.05, 0.1) is 30.7 Å². The van der Waals surface area contributed by atoms with Gasteiger partial charge in [0.15, 0.2) is 17.3 Å². The Labute approximate surface area is 174 Å². The fraction of sp³-hybridized carbons (Fsp3) is 0.333. The van der Waals surface area contributed by atoms with Gasteiger partial charge in [0.25, 0.3) is 11.5 Å². The number of nitrogens with zero attached hydrogens (tertiary/aromatic N) is 3. The minimum absolute atomic E-state index is 0.223. The van der Waals surface area contributed by atoms with E-state index in [1.807, 2.05) is 32.0 Å². The Kier molecular flexibility index (Phi) is 6.84. The van der Waals surface area contributed by atoms with E-state index in [1.165, 1.54) is 16.9 Å². The number of hydrogen-bond acceptors (Lipinski definition) is 6. The van der Waals surface area contributed by atoms with Gasteiger partial charge in [0, 0.05) is 12.6 Å². The van der Waals surface area contributed by atoms with E-state index in [-0.39, 0.29) is 11.5 Å². The summed E-state index contributed by atoms with van der Waals surface area (Å²) in [5.41, 5.74) is 1.81. The Bertz CT molecular complexity index is 1050. The van der Waals surface area contributed by atoms with Crippen LogP contribution in [0.25, 0.3) is 5.82 Å². The molecule has 0 saturated heterocycles. The van der Waals surface area contributed by atoms with Crippen molar-refractivity contribution in [2.24, 2.45) is 0 Å². The molecule has 0 aliphatic rings. The molecule has 1 aromatic carbocycles. The average molecular weight is 411 g/mol. The minimum Gasteiger partial charge on any atom is -0.490 e. The topological polar surface area (TPSA) is 111 Å². The molecule has 0 spiro atoms. The van der Waals surface area contributed by atoms with Gasteiger partial charge in [-0.25, -0.2) is 9.78 Å². The largest absolute Gasteiger partial charge is 0.490 e.